The topological polar surface area (TPSA) is 49.9 Å². The Morgan fingerprint density at radius 2 is 1.95 bits per heavy atom. The van der Waals surface area contributed by atoms with Crippen LogP contribution in [0.3, 0.4) is 0 Å². The Balaban J connectivity index is 1.84. The molecule has 2 aliphatic heterocycles. The van der Waals surface area contributed by atoms with E-state index in [1.165, 1.54) is 6.42 Å². The van der Waals surface area contributed by atoms with E-state index in [0.717, 1.165) is 45.2 Å². The van der Waals surface area contributed by atoms with Crippen LogP contribution in [0.5, 0.6) is 0 Å². The number of hydrogen-bond acceptors (Lipinski definition) is 3. The summed E-state index contributed by atoms with van der Waals surface area (Å²) in [6.45, 7) is 6.11. The van der Waals surface area contributed by atoms with Crippen molar-refractivity contribution >= 4 is 11.8 Å². The second-order valence-electron chi connectivity index (χ2n) is 7.12. The van der Waals surface area contributed by atoms with Crippen LogP contribution in [0.15, 0.2) is 0 Å². The van der Waals surface area contributed by atoms with Gasteiger partial charge in [0.05, 0.1) is 6.61 Å². The van der Waals surface area contributed by atoms with Gasteiger partial charge in [-0.25, -0.2) is 0 Å². The lowest BCUT2D eigenvalue weighted by Crippen LogP contribution is -2.57. The third-order valence-electron chi connectivity index (χ3n) is 5.47. The Hall–Kier alpha value is -1.10. The molecule has 3 rings (SSSR count). The number of likely N-dealkylation sites (tertiary alicyclic amines) is 1. The molecule has 0 N–H and O–H groups in total. The second kappa shape index (κ2) is 6.19. The number of rotatable bonds is 2. The smallest absolute Gasteiger partial charge is 0.247 e. The normalized spacial score (nSPS) is 35.4. The number of amides is 2. The molecule has 22 heavy (non-hydrogen) atoms. The van der Waals surface area contributed by atoms with Crippen LogP contribution in [0, 0.1) is 5.92 Å². The lowest BCUT2D eigenvalue weighted by Gasteiger charge is -2.43. The van der Waals surface area contributed by atoms with Crippen LogP contribution in [-0.2, 0) is 14.3 Å². The average Bonchev–Trinajstić information content (AvgIpc) is 3.14. The summed E-state index contributed by atoms with van der Waals surface area (Å²) in [4.78, 5) is 29.2. The third kappa shape index (κ3) is 2.64. The Morgan fingerprint density at radius 3 is 2.59 bits per heavy atom. The lowest BCUT2D eigenvalue weighted by molar-refractivity contribution is -0.163. The fraction of sp³-hybridized carbons (Fsp3) is 0.882. The van der Waals surface area contributed by atoms with Crippen LogP contribution >= 0.6 is 0 Å². The number of carbonyl (C=O) groups is 2. The van der Waals surface area contributed by atoms with E-state index in [1.807, 2.05) is 16.7 Å². The minimum atomic E-state index is -0.523. The minimum Gasteiger partial charge on any atom is -0.353 e. The summed E-state index contributed by atoms with van der Waals surface area (Å²) in [5.74, 6) is 0.695. The molecule has 0 aromatic rings. The first-order valence-corrected chi connectivity index (χ1v) is 8.82. The first kappa shape index (κ1) is 15.8. The standard InChI is InChI=1S/C17H28N2O3/c1-3-15(20)19-14(16(21)18-9-4-5-10-18)12-22-17(19)8-6-7-13(2)11-17/h13-14H,3-12H2,1-2H3/t13-,14+,17-/m0/s1. The van der Waals surface area contributed by atoms with E-state index in [9.17, 15) is 9.59 Å². The summed E-state index contributed by atoms with van der Waals surface area (Å²) in [5.41, 5.74) is -0.523. The molecule has 2 heterocycles. The summed E-state index contributed by atoms with van der Waals surface area (Å²) in [5, 5.41) is 0. The molecule has 1 spiro atoms. The maximum absolute atomic E-state index is 12.8. The highest BCUT2D eigenvalue weighted by Crippen LogP contribution is 2.43. The van der Waals surface area contributed by atoms with Gasteiger partial charge in [0.25, 0.3) is 0 Å². The van der Waals surface area contributed by atoms with Gasteiger partial charge in [-0.05, 0) is 38.0 Å². The minimum absolute atomic E-state index is 0.0594. The maximum Gasteiger partial charge on any atom is 0.247 e. The van der Waals surface area contributed by atoms with E-state index >= 15 is 0 Å². The molecule has 0 unspecified atom stereocenters. The van der Waals surface area contributed by atoms with E-state index in [-0.39, 0.29) is 11.8 Å². The molecule has 0 aromatic heterocycles. The highest BCUT2D eigenvalue weighted by molar-refractivity contribution is 5.89. The van der Waals surface area contributed by atoms with Crippen molar-refractivity contribution in [3.8, 4) is 0 Å². The van der Waals surface area contributed by atoms with Crippen molar-refractivity contribution in [2.45, 2.75) is 70.6 Å². The average molecular weight is 308 g/mol. The largest absolute Gasteiger partial charge is 0.353 e. The molecule has 124 valence electrons. The highest BCUT2D eigenvalue weighted by atomic mass is 16.5. The first-order chi connectivity index (χ1) is 10.6. The van der Waals surface area contributed by atoms with Gasteiger partial charge in [-0.2, -0.15) is 0 Å². The van der Waals surface area contributed by atoms with Gasteiger partial charge in [0.2, 0.25) is 11.8 Å². The monoisotopic (exact) mass is 308 g/mol. The molecule has 5 heteroatoms. The molecular weight excluding hydrogens is 280 g/mol. The highest BCUT2D eigenvalue weighted by Gasteiger charge is 2.54. The van der Waals surface area contributed by atoms with Gasteiger partial charge in [-0.1, -0.05) is 20.3 Å². The van der Waals surface area contributed by atoms with Crippen LogP contribution in [0.25, 0.3) is 0 Å². The van der Waals surface area contributed by atoms with E-state index < -0.39 is 11.8 Å². The Labute approximate surface area is 133 Å². The quantitative estimate of drug-likeness (QED) is 0.785. The zero-order chi connectivity index (χ0) is 15.7. The van der Waals surface area contributed by atoms with Gasteiger partial charge in [-0.3, -0.25) is 14.5 Å². The predicted octanol–water partition coefficient (Wildman–Crippen LogP) is 2.15. The number of ether oxygens (including phenoxy) is 1. The van der Waals surface area contributed by atoms with E-state index in [1.54, 1.807) is 0 Å². The molecule has 0 bridgehead atoms. The molecule has 0 aromatic carbocycles. The fourth-order valence-corrected chi connectivity index (χ4v) is 4.39. The van der Waals surface area contributed by atoms with Crippen LogP contribution in [0.2, 0.25) is 0 Å². The SMILES string of the molecule is CCC(=O)N1[C@@H](C(=O)N2CCCC2)CO[C@]12CCC[C@H](C)C2. The molecule has 1 aliphatic carbocycles. The van der Waals surface area contributed by atoms with Gasteiger partial charge in [0.1, 0.15) is 11.8 Å². The molecule has 3 fully saturated rings. The van der Waals surface area contributed by atoms with Gasteiger partial charge in [0, 0.05) is 19.5 Å². The third-order valence-corrected chi connectivity index (χ3v) is 5.47. The van der Waals surface area contributed by atoms with E-state index in [0.29, 0.717) is 18.9 Å². The molecule has 3 atom stereocenters. The second-order valence-corrected chi connectivity index (χ2v) is 7.12. The predicted molar refractivity (Wildman–Crippen MR) is 83.1 cm³/mol. The van der Waals surface area contributed by atoms with Gasteiger partial charge >= 0.3 is 0 Å². The summed E-state index contributed by atoms with van der Waals surface area (Å²) >= 11 is 0. The molecule has 2 saturated heterocycles. The molecule has 2 amide bonds. The summed E-state index contributed by atoms with van der Waals surface area (Å²) < 4.78 is 6.14. The van der Waals surface area contributed by atoms with Crippen molar-refractivity contribution in [1.29, 1.82) is 0 Å². The van der Waals surface area contributed by atoms with Crippen molar-refractivity contribution < 1.29 is 14.3 Å². The van der Waals surface area contributed by atoms with Gasteiger partial charge < -0.3 is 9.64 Å². The fourth-order valence-electron chi connectivity index (χ4n) is 4.39. The molecule has 0 radical (unpaired) electrons. The van der Waals surface area contributed by atoms with Crippen LogP contribution < -0.4 is 0 Å². The zero-order valence-electron chi connectivity index (χ0n) is 13.8. The van der Waals surface area contributed by atoms with Crippen molar-refractivity contribution in [3.05, 3.63) is 0 Å². The van der Waals surface area contributed by atoms with Crippen molar-refractivity contribution in [2.75, 3.05) is 19.7 Å². The number of nitrogens with zero attached hydrogens (tertiary/aromatic N) is 2. The lowest BCUT2D eigenvalue weighted by atomic mass is 9.83. The Bertz CT molecular complexity index is 447. The summed E-state index contributed by atoms with van der Waals surface area (Å²) in [6, 6.07) is -0.407. The molecular formula is C17H28N2O3. The van der Waals surface area contributed by atoms with Gasteiger partial charge in [0.15, 0.2) is 0 Å². The first-order valence-electron chi connectivity index (χ1n) is 8.82. The molecule has 1 saturated carbocycles. The van der Waals surface area contributed by atoms with Crippen molar-refractivity contribution in [3.63, 3.8) is 0 Å². The zero-order valence-corrected chi connectivity index (χ0v) is 13.8. The molecule has 3 aliphatic rings. The van der Waals surface area contributed by atoms with Crippen LogP contribution in [0.4, 0.5) is 0 Å². The summed E-state index contributed by atoms with van der Waals surface area (Å²) in [6.07, 6.45) is 6.56. The van der Waals surface area contributed by atoms with Crippen molar-refractivity contribution in [2.24, 2.45) is 5.92 Å². The van der Waals surface area contributed by atoms with Crippen molar-refractivity contribution in [1.82, 2.24) is 9.80 Å². The number of hydrogen-bond donors (Lipinski definition) is 0. The molecule has 5 nitrogen and oxygen atoms in total. The van der Waals surface area contributed by atoms with E-state index in [4.69, 9.17) is 4.74 Å². The summed E-state index contributed by atoms with van der Waals surface area (Å²) in [7, 11) is 0. The van der Waals surface area contributed by atoms with Gasteiger partial charge in [-0.15, -0.1) is 0 Å². The van der Waals surface area contributed by atoms with E-state index in [2.05, 4.69) is 6.92 Å². The maximum atomic E-state index is 12.8. The Morgan fingerprint density at radius 1 is 1.23 bits per heavy atom. The Kier molecular flexibility index (Phi) is 4.44. The van der Waals surface area contributed by atoms with Crippen LogP contribution in [-0.4, -0.2) is 53.1 Å². The van der Waals surface area contributed by atoms with Crippen LogP contribution in [0.1, 0.15) is 58.8 Å². The number of carbonyl (C=O) groups excluding carboxylic acids is 2.